The molecule has 86 valence electrons. The van der Waals surface area contributed by atoms with Crippen LogP contribution in [0.15, 0.2) is 0 Å². The van der Waals surface area contributed by atoms with Crippen LogP contribution in [-0.4, -0.2) is 37.5 Å². The van der Waals surface area contributed by atoms with Gasteiger partial charge in [0.25, 0.3) is 0 Å². The summed E-state index contributed by atoms with van der Waals surface area (Å²) in [5.74, 6) is 1.61. The Labute approximate surface area is 92.2 Å². The zero-order chi connectivity index (χ0) is 10.7. The van der Waals surface area contributed by atoms with Crippen LogP contribution in [0.25, 0.3) is 0 Å². The summed E-state index contributed by atoms with van der Waals surface area (Å²) >= 11 is 0. The molecule has 2 aliphatic rings. The molecule has 15 heavy (non-hydrogen) atoms. The zero-order valence-electron chi connectivity index (χ0n) is 9.67. The molecule has 0 aromatic heterocycles. The van der Waals surface area contributed by atoms with Gasteiger partial charge in [0.1, 0.15) is 0 Å². The summed E-state index contributed by atoms with van der Waals surface area (Å²) in [6.07, 6.45) is 6.05. The SMILES string of the molecule is CNCCCC1CN(C(=O)C2CCC2)C1. The van der Waals surface area contributed by atoms with Crippen LogP contribution in [0, 0.1) is 11.8 Å². The number of hydrogen-bond donors (Lipinski definition) is 1. The van der Waals surface area contributed by atoms with Gasteiger partial charge in [-0.1, -0.05) is 6.42 Å². The molecule has 2 fully saturated rings. The number of carbonyl (C=O) groups is 1. The lowest BCUT2D eigenvalue weighted by molar-refractivity contribution is -0.144. The molecular weight excluding hydrogens is 188 g/mol. The van der Waals surface area contributed by atoms with Crippen LogP contribution in [0.2, 0.25) is 0 Å². The molecule has 1 amide bonds. The fourth-order valence-corrected chi connectivity index (χ4v) is 2.41. The van der Waals surface area contributed by atoms with Gasteiger partial charge >= 0.3 is 0 Å². The minimum absolute atomic E-state index is 0.392. The first kappa shape index (κ1) is 10.9. The molecular formula is C12H22N2O. The van der Waals surface area contributed by atoms with Crippen molar-refractivity contribution in [2.24, 2.45) is 11.8 Å². The van der Waals surface area contributed by atoms with E-state index in [9.17, 15) is 4.79 Å². The molecule has 1 aliphatic carbocycles. The van der Waals surface area contributed by atoms with Crippen molar-refractivity contribution in [2.45, 2.75) is 32.1 Å². The molecule has 1 saturated heterocycles. The van der Waals surface area contributed by atoms with Gasteiger partial charge in [-0.3, -0.25) is 4.79 Å². The van der Waals surface area contributed by atoms with Crippen LogP contribution < -0.4 is 5.32 Å². The molecule has 2 rings (SSSR count). The van der Waals surface area contributed by atoms with Crippen molar-refractivity contribution in [2.75, 3.05) is 26.7 Å². The number of likely N-dealkylation sites (tertiary alicyclic amines) is 1. The number of hydrogen-bond acceptors (Lipinski definition) is 2. The summed E-state index contributed by atoms with van der Waals surface area (Å²) in [5, 5.41) is 3.16. The highest BCUT2D eigenvalue weighted by Crippen LogP contribution is 2.31. The smallest absolute Gasteiger partial charge is 0.225 e. The van der Waals surface area contributed by atoms with Gasteiger partial charge in [-0.15, -0.1) is 0 Å². The lowest BCUT2D eigenvalue weighted by atomic mass is 9.82. The Bertz CT molecular complexity index is 220. The topological polar surface area (TPSA) is 32.3 Å². The molecule has 0 aromatic carbocycles. The van der Waals surface area contributed by atoms with Crippen molar-refractivity contribution in [3.8, 4) is 0 Å². The average molecular weight is 210 g/mol. The predicted molar refractivity (Wildman–Crippen MR) is 60.6 cm³/mol. The number of rotatable bonds is 5. The van der Waals surface area contributed by atoms with E-state index in [0.29, 0.717) is 11.8 Å². The van der Waals surface area contributed by atoms with E-state index in [0.717, 1.165) is 38.4 Å². The number of carbonyl (C=O) groups excluding carboxylic acids is 1. The third-order valence-corrected chi connectivity index (χ3v) is 3.76. The minimum Gasteiger partial charge on any atom is -0.342 e. The number of amides is 1. The average Bonchev–Trinajstić information content (AvgIpc) is 2.05. The van der Waals surface area contributed by atoms with Gasteiger partial charge in [-0.25, -0.2) is 0 Å². The number of nitrogens with one attached hydrogen (secondary N) is 1. The monoisotopic (exact) mass is 210 g/mol. The van der Waals surface area contributed by atoms with Gasteiger partial charge in [-0.05, 0) is 45.2 Å². The minimum atomic E-state index is 0.392. The molecule has 1 aliphatic heterocycles. The second-order valence-electron chi connectivity index (χ2n) is 4.98. The Morgan fingerprint density at radius 3 is 2.67 bits per heavy atom. The van der Waals surface area contributed by atoms with Crippen LogP contribution in [0.3, 0.4) is 0 Å². The Morgan fingerprint density at radius 2 is 2.13 bits per heavy atom. The van der Waals surface area contributed by atoms with Gasteiger partial charge < -0.3 is 10.2 Å². The normalized spacial score (nSPS) is 22.3. The first-order chi connectivity index (χ1) is 7.31. The third kappa shape index (κ3) is 2.51. The van der Waals surface area contributed by atoms with Crippen LogP contribution in [0.5, 0.6) is 0 Å². The maximum absolute atomic E-state index is 11.8. The van der Waals surface area contributed by atoms with Crippen molar-refractivity contribution in [3.05, 3.63) is 0 Å². The van der Waals surface area contributed by atoms with Crippen molar-refractivity contribution in [1.29, 1.82) is 0 Å². The summed E-state index contributed by atoms with van der Waals surface area (Å²) in [6, 6.07) is 0. The predicted octanol–water partition coefficient (Wildman–Crippen LogP) is 1.24. The fraction of sp³-hybridized carbons (Fsp3) is 0.917. The molecule has 1 heterocycles. The van der Waals surface area contributed by atoms with Gasteiger partial charge in [0, 0.05) is 19.0 Å². The highest BCUT2D eigenvalue weighted by atomic mass is 16.2. The van der Waals surface area contributed by atoms with E-state index in [1.54, 1.807) is 0 Å². The Kier molecular flexibility index (Phi) is 3.62. The Morgan fingerprint density at radius 1 is 1.40 bits per heavy atom. The molecule has 0 spiro atoms. The molecule has 3 heteroatoms. The maximum Gasteiger partial charge on any atom is 0.225 e. The molecule has 1 saturated carbocycles. The van der Waals surface area contributed by atoms with Crippen molar-refractivity contribution in [3.63, 3.8) is 0 Å². The Hall–Kier alpha value is -0.570. The van der Waals surface area contributed by atoms with Crippen LogP contribution in [-0.2, 0) is 4.79 Å². The summed E-state index contributed by atoms with van der Waals surface area (Å²) in [5.41, 5.74) is 0. The highest BCUT2D eigenvalue weighted by molar-refractivity contribution is 5.80. The van der Waals surface area contributed by atoms with E-state index in [2.05, 4.69) is 10.2 Å². The molecule has 0 radical (unpaired) electrons. The van der Waals surface area contributed by atoms with Crippen LogP contribution >= 0.6 is 0 Å². The van der Waals surface area contributed by atoms with Crippen LogP contribution in [0.4, 0.5) is 0 Å². The molecule has 1 N–H and O–H groups in total. The summed E-state index contributed by atoms with van der Waals surface area (Å²) in [7, 11) is 1.99. The van der Waals surface area contributed by atoms with E-state index < -0.39 is 0 Å². The molecule has 0 unspecified atom stereocenters. The van der Waals surface area contributed by atoms with Gasteiger partial charge in [0.15, 0.2) is 0 Å². The van der Waals surface area contributed by atoms with E-state index in [1.165, 1.54) is 19.3 Å². The molecule has 0 bridgehead atoms. The second-order valence-corrected chi connectivity index (χ2v) is 4.98. The van der Waals surface area contributed by atoms with Crippen molar-refractivity contribution < 1.29 is 4.79 Å². The van der Waals surface area contributed by atoms with E-state index in [4.69, 9.17) is 0 Å². The van der Waals surface area contributed by atoms with Gasteiger partial charge in [-0.2, -0.15) is 0 Å². The van der Waals surface area contributed by atoms with E-state index in [1.807, 2.05) is 7.05 Å². The number of nitrogens with zero attached hydrogens (tertiary/aromatic N) is 1. The first-order valence-electron chi connectivity index (χ1n) is 6.24. The van der Waals surface area contributed by atoms with Gasteiger partial charge in [0.05, 0.1) is 0 Å². The lowest BCUT2D eigenvalue weighted by Crippen LogP contribution is -2.53. The van der Waals surface area contributed by atoms with Gasteiger partial charge in [0.2, 0.25) is 5.91 Å². The van der Waals surface area contributed by atoms with Crippen LogP contribution in [0.1, 0.15) is 32.1 Å². The fourth-order valence-electron chi connectivity index (χ4n) is 2.41. The lowest BCUT2D eigenvalue weighted by Gasteiger charge is -2.42. The van der Waals surface area contributed by atoms with E-state index >= 15 is 0 Å². The Balaban J connectivity index is 1.58. The summed E-state index contributed by atoms with van der Waals surface area (Å²) in [4.78, 5) is 13.9. The second kappa shape index (κ2) is 4.97. The molecule has 0 atom stereocenters. The molecule has 0 aromatic rings. The van der Waals surface area contributed by atoms with E-state index in [-0.39, 0.29) is 0 Å². The largest absolute Gasteiger partial charge is 0.342 e. The maximum atomic E-state index is 11.8. The molecule has 3 nitrogen and oxygen atoms in total. The first-order valence-corrected chi connectivity index (χ1v) is 6.24. The summed E-state index contributed by atoms with van der Waals surface area (Å²) in [6.45, 7) is 3.16. The third-order valence-electron chi connectivity index (χ3n) is 3.76. The summed E-state index contributed by atoms with van der Waals surface area (Å²) < 4.78 is 0. The highest BCUT2D eigenvalue weighted by Gasteiger charge is 2.35. The van der Waals surface area contributed by atoms with Crippen molar-refractivity contribution >= 4 is 5.91 Å². The van der Waals surface area contributed by atoms with Crippen molar-refractivity contribution in [1.82, 2.24) is 10.2 Å². The zero-order valence-corrected chi connectivity index (χ0v) is 9.67. The standard InChI is InChI=1S/C12H22N2O/c1-13-7-3-4-10-8-14(9-10)12(15)11-5-2-6-11/h10-11,13H,2-9H2,1H3. The quantitative estimate of drug-likeness (QED) is 0.693.